The highest BCUT2D eigenvalue weighted by Gasteiger charge is 2.24. The number of pyridine rings is 4. The largest absolute Gasteiger partial charge is 0.264 e. The van der Waals surface area contributed by atoms with E-state index in [0.717, 1.165) is 133 Å². The SMILES string of the molecule is N#Cc1ccc(-c2ccc3c(c2)nc(-c2cccc(-c4nc(-c5ccccc5)nc(-c5ccccc5)n4)c2)c2ccc4ccccc4c23)cc1.c1cc(-c2nc3cc(-c4ccc5ccccc5c4)ccc3c3c2ccc2ccccc23)cc(-c2ccc3ccc4cccc5ccc2c3c45)c1.c1ccc(-c2nc(-c3ccccc3)nc(-c3cccc(-c4nc5cc(-c6cccnc6)ccc5c5c4ccc4ccccc45)c3)n2)cc1. The molecule has 0 unspecified atom stereocenters. The first kappa shape index (κ1) is 86.9. The Morgan fingerprint density at radius 2 is 0.453 bits per heavy atom. The van der Waals surface area contributed by atoms with E-state index in [-0.39, 0.29) is 0 Å². The van der Waals surface area contributed by atoms with Gasteiger partial charge in [-0.25, -0.2) is 44.9 Å². The van der Waals surface area contributed by atoms with E-state index >= 15 is 0 Å². The van der Waals surface area contributed by atoms with Gasteiger partial charge in [0, 0.05) is 117 Å². The minimum Gasteiger partial charge on any atom is -0.264 e. The Bertz CT molecular complexity index is 10200. The van der Waals surface area contributed by atoms with Crippen LogP contribution in [0.3, 0.4) is 0 Å². The van der Waals surface area contributed by atoms with Gasteiger partial charge < -0.3 is 0 Å². The van der Waals surface area contributed by atoms with Gasteiger partial charge in [0.1, 0.15) is 0 Å². The third-order valence-corrected chi connectivity index (χ3v) is 28.6. The average Bonchev–Trinajstić information content (AvgIpc) is 0.725. The van der Waals surface area contributed by atoms with Gasteiger partial charge in [0.05, 0.1) is 45.3 Å². The molecular formula is C137H83N11. The molecule has 686 valence electrons. The highest BCUT2D eigenvalue weighted by atomic mass is 15.0. The predicted octanol–water partition coefficient (Wildman–Crippen LogP) is 35.0. The van der Waals surface area contributed by atoms with Crippen molar-refractivity contribution in [2.75, 3.05) is 0 Å². The topological polar surface area (TPSA) is 153 Å². The highest BCUT2D eigenvalue weighted by Crippen LogP contribution is 2.47. The molecule has 0 N–H and O–H groups in total. The molecule has 0 amide bonds. The maximum atomic E-state index is 9.32. The van der Waals surface area contributed by atoms with Gasteiger partial charge in [-0.1, -0.05) is 431 Å². The summed E-state index contributed by atoms with van der Waals surface area (Å²) in [6.45, 7) is 0. The molecule has 148 heavy (non-hydrogen) atoms. The fourth-order valence-corrected chi connectivity index (χ4v) is 21.5. The van der Waals surface area contributed by atoms with Gasteiger partial charge in [-0.05, 0) is 175 Å². The molecule has 0 bridgehead atoms. The zero-order valence-electron chi connectivity index (χ0n) is 79.8. The zero-order valence-corrected chi connectivity index (χ0v) is 79.8. The fourth-order valence-electron chi connectivity index (χ4n) is 21.5. The van der Waals surface area contributed by atoms with E-state index in [1.165, 1.54) is 119 Å². The predicted molar refractivity (Wildman–Crippen MR) is 611 cm³/mol. The van der Waals surface area contributed by atoms with Crippen molar-refractivity contribution in [2.24, 2.45) is 0 Å². The molecular weight excluding hydrogens is 1800 g/mol. The number of fused-ring (bicyclic) bond motifs is 16. The number of benzene rings is 23. The Morgan fingerprint density at radius 3 is 0.892 bits per heavy atom. The van der Waals surface area contributed by atoms with E-state index in [0.29, 0.717) is 40.5 Å². The number of rotatable bonds is 13. The second kappa shape index (κ2) is 37.0. The molecule has 0 aliphatic rings. The van der Waals surface area contributed by atoms with Crippen LogP contribution in [0.25, 0.3) is 287 Å². The van der Waals surface area contributed by atoms with Crippen LogP contribution >= 0.6 is 0 Å². The van der Waals surface area contributed by atoms with Crippen LogP contribution in [0, 0.1) is 11.3 Å². The Morgan fingerprint density at radius 1 is 0.155 bits per heavy atom. The molecule has 29 rings (SSSR count). The fraction of sp³-hybridized carbons (Fsp3) is 0. The summed E-state index contributed by atoms with van der Waals surface area (Å²) in [4.78, 5) is 50.2. The molecule has 0 radical (unpaired) electrons. The number of nitriles is 1. The van der Waals surface area contributed by atoms with Crippen molar-refractivity contribution in [3.05, 3.63) is 509 Å². The summed E-state index contributed by atoms with van der Waals surface area (Å²) in [6.07, 6.45) is 3.69. The molecule has 11 heteroatoms. The van der Waals surface area contributed by atoms with Crippen LogP contribution in [-0.2, 0) is 0 Å². The van der Waals surface area contributed by atoms with Crippen molar-refractivity contribution in [3.63, 3.8) is 0 Å². The van der Waals surface area contributed by atoms with Crippen molar-refractivity contribution in [3.8, 4) is 153 Å². The van der Waals surface area contributed by atoms with E-state index in [2.05, 4.69) is 339 Å². The van der Waals surface area contributed by atoms with Crippen LogP contribution in [0.1, 0.15) is 5.56 Å². The number of nitrogens with zero attached hydrogens (tertiary/aromatic N) is 11. The Labute approximate surface area is 851 Å². The van der Waals surface area contributed by atoms with E-state index in [4.69, 9.17) is 44.9 Å². The normalized spacial score (nSPS) is 11.5. The van der Waals surface area contributed by atoms with Gasteiger partial charge >= 0.3 is 0 Å². The van der Waals surface area contributed by atoms with Crippen molar-refractivity contribution >= 4 is 140 Å². The molecule has 6 aromatic heterocycles. The summed E-state index contributed by atoms with van der Waals surface area (Å²) in [5.74, 6) is 3.71. The summed E-state index contributed by atoms with van der Waals surface area (Å²) in [5, 5.41) is 37.2. The van der Waals surface area contributed by atoms with Crippen molar-refractivity contribution < 1.29 is 0 Å². The zero-order chi connectivity index (χ0) is 98.1. The summed E-state index contributed by atoms with van der Waals surface area (Å²) < 4.78 is 0. The summed E-state index contributed by atoms with van der Waals surface area (Å²) in [7, 11) is 0. The standard InChI is InChI=1S/C49H29N.C45H27N5.C43H27N5/c1-2-9-35-27-36(18-15-30(35)7-1)37-22-25-43-45(29-37)50-49(44-26-19-31-8-3-4-14-41(31)48(43)44)39-13-6-12-38(28-39)40-23-20-34-17-16-32-10-5-11-33-21-24-42(40)47(34)46(32)33;46-28-29-18-20-30(21-19-29)34-23-24-38-40(27-34)47-42(39-25-22-31-10-7-8-17-37(31)41(38)39)35-15-9-16-36(26-35)45-49-43(32-11-3-1-4-12-32)48-44(50-45)33-13-5-2-6-14-33;1-3-12-29(13-4-1)41-46-42(30-14-5-2-6-15-30)48-43(47-41)33-17-9-16-32(25-33)40-37-23-20-28-11-7-8-19-35(28)39(37)36-22-21-31(26-38(36)45-40)34-18-10-24-44-27-34/h1-29H;1-27H;1-27H. The molecule has 6 heterocycles. The van der Waals surface area contributed by atoms with E-state index in [1.54, 1.807) is 6.20 Å². The minimum atomic E-state index is 0.596. The van der Waals surface area contributed by atoms with Crippen molar-refractivity contribution in [2.45, 2.75) is 0 Å². The van der Waals surface area contributed by atoms with E-state index in [1.807, 2.05) is 170 Å². The van der Waals surface area contributed by atoms with Crippen molar-refractivity contribution in [1.82, 2.24) is 49.8 Å². The van der Waals surface area contributed by atoms with Gasteiger partial charge in [-0.15, -0.1) is 0 Å². The van der Waals surface area contributed by atoms with Gasteiger partial charge in [0.2, 0.25) is 0 Å². The van der Waals surface area contributed by atoms with Gasteiger partial charge in [-0.2, -0.15) is 5.26 Å². The lowest BCUT2D eigenvalue weighted by Crippen LogP contribution is -2.00. The van der Waals surface area contributed by atoms with Crippen LogP contribution in [0.5, 0.6) is 0 Å². The molecule has 11 nitrogen and oxygen atoms in total. The maximum Gasteiger partial charge on any atom is 0.164 e. The molecule has 0 spiro atoms. The molecule has 0 fully saturated rings. The smallest absolute Gasteiger partial charge is 0.164 e. The monoisotopic (exact) mass is 1880 g/mol. The number of hydrogen-bond donors (Lipinski definition) is 0. The molecule has 23 aromatic carbocycles. The third-order valence-electron chi connectivity index (χ3n) is 28.6. The van der Waals surface area contributed by atoms with Crippen LogP contribution in [-0.4, -0.2) is 49.8 Å². The van der Waals surface area contributed by atoms with Crippen molar-refractivity contribution in [1.29, 1.82) is 5.26 Å². The van der Waals surface area contributed by atoms with Gasteiger partial charge in [-0.3, -0.25) is 4.98 Å². The van der Waals surface area contributed by atoms with Gasteiger partial charge in [0.15, 0.2) is 34.9 Å². The minimum absolute atomic E-state index is 0.596. The highest BCUT2D eigenvalue weighted by molar-refractivity contribution is 6.28. The second-order valence-corrected chi connectivity index (χ2v) is 37.5. The molecule has 0 atom stereocenters. The van der Waals surface area contributed by atoms with Crippen LogP contribution in [0.15, 0.2) is 504 Å². The lowest BCUT2D eigenvalue weighted by atomic mass is 9.89. The van der Waals surface area contributed by atoms with Crippen LogP contribution < -0.4 is 0 Å². The van der Waals surface area contributed by atoms with E-state index < -0.39 is 0 Å². The Hall–Kier alpha value is -20.2. The first-order chi connectivity index (χ1) is 73.3. The third kappa shape index (κ3) is 16.0. The lowest BCUT2D eigenvalue weighted by molar-refractivity contribution is 1.07. The molecule has 0 saturated carbocycles. The van der Waals surface area contributed by atoms with Crippen LogP contribution in [0.4, 0.5) is 0 Å². The summed E-state index contributed by atoms with van der Waals surface area (Å²) in [6, 6.07) is 174. The average molecular weight is 1880 g/mol. The van der Waals surface area contributed by atoms with Crippen LogP contribution in [0.2, 0.25) is 0 Å². The second-order valence-electron chi connectivity index (χ2n) is 37.5. The maximum absolute atomic E-state index is 9.32. The molecule has 0 saturated heterocycles. The summed E-state index contributed by atoms with van der Waals surface area (Å²) >= 11 is 0. The Kier molecular flexibility index (Phi) is 21.7. The molecule has 0 aliphatic heterocycles. The van der Waals surface area contributed by atoms with E-state index in [9.17, 15) is 5.26 Å². The first-order valence-corrected chi connectivity index (χ1v) is 49.7. The quantitative estimate of drug-likeness (QED) is 0.101. The van der Waals surface area contributed by atoms with Gasteiger partial charge in [0.25, 0.3) is 0 Å². The summed E-state index contributed by atoms with van der Waals surface area (Å²) in [5.41, 5.74) is 23.9. The number of aromatic nitrogens is 10. The Balaban J connectivity index is 0.000000110. The first-order valence-electron chi connectivity index (χ1n) is 49.7. The molecule has 0 aliphatic carbocycles. The number of hydrogen-bond acceptors (Lipinski definition) is 11. The molecule has 29 aromatic rings. The lowest BCUT2D eigenvalue weighted by Gasteiger charge is -2.16.